The van der Waals surface area contributed by atoms with Crippen molar-refractivity contribution in [1.29, 1.82) is 0 Å². The quantitative estimate of drug-likeness (QED) is 0.487. The maximum Gasteiger partial charge on any atom is 0.336 e. The van der Waals surface area contributed by atoms with Crippen molar-refractivity contribution < 1.29 is 19.1 Å². The van der Waals surface area contributed by atoms with Gasteiger partial charge in [-0.1, -0.05) is 43.5 Å². The number of carbonyl (C=O) groups is 3. The summed E-state index contributed by atoms with van der Waals surface area (Å²) in [6.07, 6.45) is 3.08. The number of unbranched alkanes of at least 4 members (excludes halogenated alkanes) is 2. The summed E-state index contributed by atoms with van der Waals surface area (Å²) in [6, 6.07) is 7.12. The van der Waals surface area contributed by atoms with Gasteiger partial charge in [0.25, 0.3) is 0 Å². The zero-order chi connectivity index (χ0) is 21.4. The Hall–Kier alpha value is -2.34. The van der Waals surface area contributed by atoms with E-state index in [0.717, 1.165) is 24.8 Å². The van der Waals surface area contributed by atoms with E-state index in [1.165, 1.54) is 4.90 Å². The van der Waals surface area contributed by atoms with Gasteiger partial charge in [0.1, 0.15) is 6.54 Å². The van der Waals surface area contributed by atoms with Gasteiger partial charge in [-0.2, -0.15) is 0 Å². The number of nitrogens with zero attached hydrogens (tertiary/aromatic N) is 1. The van der Waals surface area contributed by atoms with Crippen LogP contribution in [0.15, 0.2) is 35.5 Å². The molecule has 1 heterocycles. The summed E-state index contributed by atoms with van der Waals surface area (Å²) in [4.78, 5) is 39.2. The highest BCUT2D eigenvalue weighted by atomic mass is 35.5. The van der Waals surface area contributed by atoms with Crippen molar-refractivity contribution in [2.45, 2.75) is 52.4 Å². The van der Waals surface area contributed by atoms with Crippen molar-refractivity contribution in [2.75, 3.05) is 19.7 Å². The van der Waals surface area contributed by atoms with E-state index in [1.807, 2.05) is 6.07 Å². The van der Waals surface area contributed by atoms with Crippen LogP contribution in [0, 0.1) is 0 Å². The molecule has 0 aromatic heterocycles. The first-order valence-electron chi connectivity index (χ1n) is 10.1. The van der Waals surface area contributed by atoms with Gasteiger partial charge in [-0.3, -0.25) is 9.59 Å². The Labute approximate surface area is 177 Å². The summed E-state index contributed by atoms with van der Waals surface area (Å²) < 4.78 is 5.25. The number of hydrogen-bond acceptors (Lipinski definition) is 4. The van der Waals surface area contributed by atoms with Crippen LogP contribution in [0.3, 0.4) is 0 Å². The molecule has 158 valence electrons. The molecule has 7 heteroatoms. The Balaban J connectivity index is 2.29. The number of halogens is 1. The lowest BCUT2D eigenvalue weighted by Crippen LogP contribution is -2.44. The number of amides is 2. The van der Waals surface area contributed by atoms with Crippen LogP contribution in [0.1, 0.15) is 57.9 Å². The van der Waals surface area contributed by atoms with Crippen molar-refractivity contribution in [3.8, 4) is 0 Å². The number of esters is 1. The average molecular weight is 421 g/mol. The van der Waals surface area contributed by atoms with E-state index < -0.39 is 11.9 Å². The second kappa shape index (κ2) is 11.0. The molecule has 0 unspecified atom stereocenters. The summed E-state index contributed by atoms with van der Waals surface area (Å²) in [7, 11) is 0. The van der Waals surface area contributed by atoms with E-state index in [2.05, 4.69) is 12.2 Å². The van der Waals surface area contributed by atoms with E-state index in [-0.39, 0.29) is 31.4 Å². The SMILES string of the molecule is CCCCCNC(=O)CN1C(=O)C[C@H](c2cccc(Cl)c2)C(C(=O)OCC)=C1C. The Kier molecular flexibility index (Phi) is 8.70. The van der Waals surface area contributed by atoms with Gasteiger partial charge in [0.15, 0.2) is 0 Å². The summed E-state index contributed by atoms with van der Waals surface area (Å²) in [5.41, 5.74) is 1.62. The summed E-state index contributed by atoms with van der Waals surface area (Å²) in [6.45, 7) is 6.21. The number of nitrogens with one attached hydrogen (secondary N) is 1. The molecule has 2 amide bonds. The average Bonchev–Trinajstić information content (AvgIpc) is 2.68. The van der Waals surface area contributed by atoms with Gasteiger partial charge in [-0.05, 0) is 38.0 Å². The Morgan fingerprint density at radius 2 is 2.03 bits per heavy atom. The fourth-order valence-electron chi connectivity index (χ4n) is 3.49. The number of carbonyl (C=O) groups excluding carboxylic acids is 3. The summed E-state index contributed by atoms with van der Waals surface area (Å²) in [5, 5.41) is 3.37. The lowest BCUT2D eigenvalue weighted by molar-refractivity contribution is -0.141. The van der Waals surface area contributed by atoms with Gasteiger partial charge in [0.2, 0.25) is 11.8 Å². The minimum atomic E-state index is -0.476. The summed E-state index contributed by atoms with van der Waals surface area (Å²) >= 11 is 6.11. The second-order valence-corrected chi connectivity index (χ2v) is 7.50. The zero-order valence-electron chi connectivity index (χ0n) is 17.3. The normalized spacial score (nSPS) is 16.8. The minimum Gasteiger partial charge on any atom is -0.463 e. The molecule has 29 heavy (non-hydrogen) atoms. The molecule has 1 aliphatic rings. The number of allylic oxidation sites excluding steroid dienone is 1. The molecule has 1 aromatic rings. The first-order chi connectivity index (χ1) is 13.9. The molecule has 0 aliphatic carbocycles. The smallest absolute Gasteiger partial charge is 0.336 e. The lowest BCUT2D eigenvalue weighted by atomic mass is 9.83. The van der Waals surface area contributed by atoms with Gasteiger partial charge < -0.3 is 15.0 Å². The van der Waals surface area contributed by atoms with Crippen molar-refractivity contribution in [2.24, 2.45) is 0 Å². The second-order valence-electron chi connectivity index (χ2n) is 7.07. The van der Waals surface area contributed by atoms with E-state index in [0.29, 0.717) is 22.8 Å². The van der Waals surface area contributed by atoms with Crippen LogP contribution < -0.4 is 5.32 Å². The van der Waals surface area contributed by atoms with Crippen LogP contribution in [0.25, 0.3) is 0 Å². The monoisotopic (exact) mass is 420 g/mol. The number of benzene rings is 1. The van der Waals surface area contributed by atoms with Gasteiger partial charge >= 0.3 is 5.97 Å². The van der Waals surface area contributed by atoms with Crippen LogP contribution in [0.2, 0.25) is 5.02 Å². The van der Waals surface area contributed by atoms with Crippen molar-refractivity contribution in [3.05, 3.63) is 46.1 Å². The lowest BCUT2D eigenvalue weighted by Gasteiger charge is -2.34. The largest absolute Gasteiger partial charge is 0.463 e. The molecule has 1 N–H and O–H groups in total. The molecule has 2 rings (SSSR count). The fourth-order valence-corrected chi connectivity index (χ4v) is 3.69. The highest BCUT2D eigenvalue weighted by Crippen LogP contribution is 2.37. The topological polar surface area (TPSA) is 75.7 Å². The fraction of sp³-hybridized carbons (Fsp3) is 0.500. The third-order valence-electron chi connectivity index (χ3n) is 4.97. The molecule has 1 aliphatic heterocycles. The Morgan fingerprint density at radius 1 is 1.28 bits per heavy atom. The predicted octanol–water partition coefficient (Wildman–Crippen LogP) is 3.80. The molecule has 0 bridgehead atoms. The maximum absolute atomic E-state index is 12.8. The van der Waals surface area contributed by atoms with Crippen LogP contribution in [-0.4, -0.2) is 42.4 Å². The molecule has 0 spiro atoms. The van der Waals surface area contributed by atoms with Gasteiger partial charge in [-0.25, -0.2) is 4.79 Å². The first kappa shape index (κ1) is 22.9. The molecule has 0 fully saturated rings. The molecular formula is C22H29ClN2O4. The molecule has 1 atom stereocenters. The first-order valence-corrected chi connectivity index (χ1v) is 10.5. The third kappa shape index (κ3) is 6.07. The predicted molar refractivity (Wildman–Crippen MR) is 112 cm³/mol. The van der Waals surface area contributed by atoms with E-state index in [9.17, 15) is 14.4 Å². The molecule has 0 radical (unpaired) electrons. The minimum absolute atomic E-state index is 0.0783. The summed E-state index contributed by atoms with van der Waals surface area (Å²) in [5.74, 6) is -1.37. The molecule has 0 saturated heterocycles. The Bertz CT molecular complexity index is 791. The Morgan fingerprint density at radius 3 is 2.69 bits per heavy atom. The van der Waals surface area contributed by atoms with Crippen molar-refractivity contribution in [1.82, 2.24) is 10.2 Å². The number of ether oxygens (including phenoxy) is 1. The van der Waals surface area contributed by atoms with Crippen LogP contribution in [0.5, 0.6) is 0 Å². The van der Waals surface area contributed by atoms with E-state index in [1.54, 1.807) is 32.0 Å². The van der Waals surface area contributed by atoms with Crippen molar-refractivity contribution >= 4 is 29.4 Å². The van der Waals surface area contributed by atoms with Gasteiger partial charge in [0, 0.05) is 29.6 Å². The number of rotatable bonds is 9. The van der Waals surface area contributed by atoms with Gasteiger partial charge in [-0.15, -0.1) is 0 Å². The third-order valence-corrected chi connectivity index (χ3v) is 5.21. The zero-order valence-corrected chi connectivity index (χ0v) is 18.1. The molecular weight excluding hydrogens is 392 g/mol. The maximum atomic E-state index is 12.8. The molecule has 0 saturated carbocycles. The van der Waals surface area contributed by atoms with Gasteiger partial charge in [0.05, 0.1) is 12.2 Å². The number of hydrogen-bond donors (Lipinski definition) is 1. The van der Waals surface area contributed by atoms with Crippen LogP contribution in [0.4, 0.5) is 0 Å². The molecule has 6 nitrogen and oxygen atoms in total. The van der Waals surface area contributed by atoms with Crippen LogP contribution >= 0.6 is 11.6 Å². The highest BCUT2D eigenvalue weighted by molar-refractivity contribution is 6.30. The van der Waals surface area contributed by atoms with E-state index in [4.69, 9.17) is 16.3 Å². The highest BCUT2D eigenvalue weighted by Gasteiger charge is 2.37. The van der Waals surface area contributed by atoms with Crippen LogP contribution in [-0.2, 0) is 19.1 Å². The standard InChI is InChI=1S/C22H29ClN2O4/c1-4-6-7-11-24-19(26)14-25-15(3)21(22(28)29-5-2)18(13-20(25)27)16-9-8-10-17(23)12-16/h8-10,12,18H,4-7,11,13-14H2,1-3H3,(H,24,26)/t18-/m1/s1. The van der Waals surface area contributed by atoms with Crippen molar-refractivity contribution in [3.63, 3.8) is 0 Å². The van der Waals surface area contributed by atoms with E-state index >= 15 is 0 Å². The molecule has 1 aromatic carbocycles.